The Balaban J connectivity index is 1.94. The van der Waals surface area contributed by atoms with Crippen LogP contribution in [-0.2, 0) is 15.5 Å². The predicted molar refractivity (Wildman–Crippen MR) is 65.7 cm³/mol. The zero-order chi connectivity index (χ0) is 11.4. The van der Waals surface area contributed by atoms with Crippen molar-refractivity contribution in [2.24, 2.45) is 0 Å². The van der Waals surface area contributed by atoms with E-state index in [2.05, 4.69) is 0 Å². The number of rotatable bonds is 3. The van der Waals surface area contributed by atoms with Crippen LogP contribution in [0.15, 0.2) is 29.2 Å². The Hall–Kier alpha value is -0.870. The highest BCUT2D eigenvalue weighted by molar-refractivity contribution is 7.85. The van der Waals surface area contributed by atoms with Gasteiger partial charge in [-0.2, -0.15) is 0 Å². The van der Waals surface area contributed by atoms with E-state index in [1.807, 2.05) is 12.1 Å². The third-order valence-electron chi connectivity index (χ3n) is 2.75. The van der Waals surface area contributed by atoms with E-state index in [-0.39, 0.29) is 6.10 Å². The fourth-order valence-corrected chi connectivity index (χ4v) is 3.06. The van der Waals surface area contributed by atoms with Crippen LogP contribution in [-0.4, -0.2) is 22.7 Å². The van der Waals surface area contributed by atoms with Crippen molar-refractivity contribution in [1.82, 2.24) is 0 Å². The molecule has 2 N–H and O–H groups in total. The van der Waals surface area contributed by atoms with Crippen molar-refractivity contribution in [2.45, 2.75) is 30.3 Å². The van der Waals surface area contributed by atoms with Crippen molar-refractivity contribution < 1.29 is 8.95 Å². The smallest absolute Gasteiger partial charge is 0.0693 e. The minimum Gasteiger partial charge on any atom is -0.399 e. The van der Waals surface area contributed by atoms with Crippen molar-refractivity contribution >= 4 is 16.5 Å². The lowest BCUT2D eigenvalue weighted by molar-refractivity contribution is 0.0310. The molecule has 0 aromatic heterocycles. The Morgan fingerprint density at radius 2 is 2.06 bits per heavy atom. The molecule has 88 valence electrons. The summed E-state index contributed by atoms with van der Waals surface area (Å²) in [5.74, 6) is 0.601. The van der Waals surface area contributed by atoms with Crippen molar-refractivity contribution in [3.8, 4) is 0 Å². The fourth-order valence-electron chi connectivity index (χ4n) is 1.82. The van der Waals surface area contributed by atoms with Gasteiger partial charge in [-0.1, -0.05) is 0 Å². The maximum atomic E-state index is 12.0. The maximum Gasteiger partial charge on any atom is 0.0693 e. The summed E-state index contributed by atoms with van der Waals surface area (Å²) in [6, 6.07) is 7.23. The van der Waals surface area contributed by atoms with E-state index < -0.39 is 10.8 Å². The van der Waals surface area contributed by atoms with Crippen LogP contribution in [0, 0.1) is 0 Å². The SMILES string of the molecule is Nc1ccc(S(=O)CC2CCCCO2)cc1. The Morgan fingerprint density at radius 1 is 1.31 bits per heavy atom. The summed E-state index contributed by atoms with van der Waals surface area (Å²) in [4.78, 5) is 0.836. The molecule has 1 aliphatic rings. The molecule has 0 radical (unpaired) electrons. The Kier molecular flexibility index (Phi) is 3.96. The van der Waals surface area contributed by atoms with Gasteiger partial charge in [0.25, 0.3) is 0 Å². The molecule has 0 bridgehead atoms. The molecule has 3 nitrogen and oxygen atoms in total. The number of hydrogen-bond acceptors (Lipinski definition) is 3. The summed E-state index contributed by atoms with van der Waals surface area (Å²) in [5, 5.41) is 0. The summed E-state index contributed by atoms with van der Waals surface area (Å²) in [6.07, 6.45) is 3.50. The summed E-state index contributed by atoms with van der Waals surface area (Å²) in [5.41, 5.74) is 6.29. The molecule has 1 aromatic rings. The first kappa shape index (κ1) is 11.6. The van der Waals surface area contributed by atoms with Crippen LogP contribution in [0.5, 0.6) is 0 Å². The summed E-state index contributed by atoms with van der Waals surface area (Å²) in [6.45, 7) is 0.809. The average Bonchev–Trinajstić information content (AvgIpc) is 2.31. The van der Waals surface area contributed by atoms with Crippen molar-refractivity contribution in [3.05, 3.63) is 24.3 Å². The molecule has 0 saturated carbocycles. The van der Waals surface area contributed by atoms with Gasteiger partial charge in [0.05, 0.1) is 22.7 Å². The predicted octanol–water partition coefficient (Wildman–Crippen LogP) is 1.95. The molecule has 1 heterocycles. The van der Waals surface area contributed by atoms with Gasteiger partial charge in [0.1, 0.15) is 0 Å². The molecule has 2 atom stereocenters. The van der Waals surface area contributed by atoms with Gasteiger partial charge in [0, 0.05) is 17.2 Å². The van der Waals surface area contributed by atoms with Crippen molar-refractivity contribution in [1.29, 1.82) is 0 Å². The molecular weight excluding hydrogens is 222 g/mol. The minimum atomic E-state index is -0.970. The van der Waals surface area contributed by atoms with E-state index in [9.17, 15) is 4.21 Å². The number of ether oxygens (including phenoxy) is 1. The highest BCUT2D eigenvalue weighted by Crippen LogP contribution is 2.17. The molecule has 0 amide bonds. The first-order valence-electron chi connectivity index (χ1n) is 5.61. The third-order valence-corrected chi connectivity index (χ3v) is 4.23. The van der Waals surface area contributed by atoms with Gasteiger partial charge in [-0.05, 0) is 43.5 Å². The molecule has 4 heteroatoms. The molecule has 0 spiro atoms. The van der Waals surface area contributed by atoms with Crippen LogP contribution in [0.3, 0.4) is 0 Å². The van der Waals surface area contributed by atoms with Crippen molar-refractivity contribution in [3.63, 3.8) is 0 Å². The lowest BCUT2D eigenvalue weighted by Gasteiger charge is -2.21. The first-order valence-corrected chi connectivity index (χ1v) is 6.93. The van der Waals surface area contributed by atoms with Crippen LogP contribution in [0.1, 0.15) is 19.3 Å². The Bertz CT molecular complexity index is 358. The largest absolute Gasteiger partial charge is 0.399 e. The highest BCUT2D eigenvalue weighted by atomic mass is 32.2. The fraction of sp³-hybridized carbons (Fsp3) is 0.500. The zero-order valence-electron chi connectivity index (χ0n) is 9.22. The molecule has 16 heavy (non-hydrogen) atoms. The molecule has 1 aliphatic heterocycles. The molecular formula is C12H17NO2S. The number of anilines is 1. The lowest BCUT2D eigenvalue weighted by Crippen LogP contribution is -2.25. The second-order valence-corrected chi connectivity index (χ2v) is 5.57. The third kappa shape index (κ3) is 3.06. The van der Waals surface area contributed by atoms with Crippen LogP contribution >= 0.6 is 0 Å². The van der Waals surface area contributed by atoms with Gasteiger partial charge in [-0.3, -0.25) is 4.21 Å². The second-order valence-electron chi connectivity index (χ2n) is 4.07. The van der Waals surface area contributed by atoms with E-state index >= 15 is 0 Å². The quantitative estimate of drug-likeness (QED) is 0.820. The average molecular weight is 239 g/mol. The highest BCUT2D eigenvalue weighted by Gasteiger charge is 2.17. The molecule has 1 aromatic carbocycles. The van der Waals surface area contributed by atoms with Crippen LogP contribution < -0.4 is 5.73 Å². The van der Waals surface area contributed by atoms with E-state index in [1.54, 1.807) is 12.1 Å². The summed E-state index contributed by atoms with van der Waals surface area (Å²) >= 11 is 0. The lowest BCUT2D eigenvalue weighted by atomic mass is 10.1. The van der Waals surface area contributed by atoms with E-state index in [0.29, 0.717) is 11.4 Å². The number of nitrogens with two attached hydrogens (primary N) is 1. The van der Waals surface area contributed by atoms with E-state index in [1.165, 1.54) is 6.42 Å². The van der Waals surface area contributed by atoms with E-state index in [0.717, 1.165) is 24.3 Å². The van der Waals surface area contributed by atoms with Gasteiger partial charge in [-0.15, -0.1) is 0 Å². The minimum absolute atomic E-state index is 0.159. The van der Waals surface area contributed by atoms with Crippen LogP contribution in [0.25, 0.3) is 0 Å². The second kappa shape index (κ2) is 5.46. The molecule has 1 fully saturated rings. The van der Waals surface area contributed by atoms with Gasteiger partial charge >= 0.3 is 0 Å². The standard InChI is InChI=1S/C12H17NO2S/c13-10-4-6-12(7-5-10)16(14)9-11-3-1-2-8-15-11/h4-7,11H,1-3,8-9,13H2. The maximum absolute atomic E-state index is 12.0. The van der Waals surface area contributed by atoms with Crippen LogP contribution in [0.2, 0.25) is 0 Å². The van der Waals surface area contributed by atoms with Gasteiger partial charge in [-0.25, -0.2) is 0 Å². The van der Waals surface area contributed by atoms with Gasteiger partial charge in [0.15, 0.2) is 0 Å². The molecule has 0 aliphatic carbocycles. The monoisotopic (exact) mass is 239 g/mol. The summed E-state index contributed by atoms with van der Waals surface area (Å²) in [7, 11) is -0.970. The Labute approximate surface area is 98.4 Å². The normalized spacial score (nSPS) is 22.9. The van der Waals surface area contributed by atoms with Crippen molar-refractivity contribution in [2.75, 3.05) is 18.1 Å². The molecule has 1 saturated heterocycles. The number of hydrogen-bond donors (Lipinski definition) is 1. The number of nitrogen functional groups attached to an aromatic ring is 1. The van der Waals surface area contributed by atoms with Crippen LogP contribution in [0.4, 0.5) is 5.69 Å². The first-order chi connectivity index (χ1) is 7.75. The number of benzene rings is 1. The van der Waals surface area contributed by atoms with Gasteiger partial charge in [0.2, 0.25) is 0 Å². The molecule has 2 rings (SSSR count). The topological polar surface area (TPSA) is 52.3 Å². The van der Waals surface area contributed by atoms with E-state index in [4.69, 9.17) is 10.5 Å². The summed E-state index contributed by atoms with van der Waals surface area (Å²) < 4.78 is 17.6. The molecule has 2 unspecified atom stereocenters. The van der Waals surface area contributed by atoms with Gasteiger partial charge < -0.3 is 10.5 Å². The zero-order valence-corrected chi connectivity index (χ0v) is 10.0. The Morgan fingerprint density at radius 3 is 2.69 bits per heavy atom.